The van der Waals surface area contributed by atoms with Gasteiger partial charge in [0.15, 0.2) is 25.2 Å². The third-order valence-electron chi connectivity index (χ3n) is 24.2. The lowest BCUT2D eigenvalue weighted by atomic mass is 9.74. The van der Waals surface area contributed by atoms with Crippen molar-refractivity contribution in [1.29, 1.82) is 0 Å². The van der Waals surface area contributed by atoms with E-state index in [1.54, 1.807) is 35.1 Å². The van der Waals surface area contributed by atoms with Crippen LogP contribution in [0.15, 0.2) is 0 Å². The summed E-state index contributed by atoms with van der Waals surface area (Å²) in [6.07, 6.45) is -18.2. The minimum absolute atomic E-state index is 0.000592. The zero-order valence-corrected chi connectivity index (χ0v) is 67.2. The molecule has 4 aliphatic carbocycles. The molecule has 34 nitrogen and oxygen atoms in total. The standard InChI is InChI=1S/C78H134N6O28/c1-11-46-34-48(36-51(69(46)111-77-66(97)64(95)60(91)41(4)103-77)108-76-59(82-43(6)87)71(63(94)56(39-86)110-76)106-54(74(101)84(9)10)33-45-22-17-14-18-23-45)50(88)24-19-27-79-57(89)25-30-102-31-26-58(90)80-28-29-81-72(99)49-35-47(12-2)70(112-78-67(98)65(96)61(92)42(5)104-78)52(37-49)107-75-40(3)68(62(93)55(38-85)109-75)105-53(73(100)83(7)8)32-44-20-15-13-16-21-44/h40-42,44-49,51-56,59-71,75-78,85-86,91-98H,11-39H2,1-10H3,(H,79,89)(H,80,90)(H,81,99)(H,82,87)/t40-,41+,42+,46+,47+,48-,49-,51-,52-,53+,54+,55-,56-,59-,60-,61-,62+,63+,64-,65-,66+,67+,68-,69-,70-,71-,75-,76-,77+,78+/m1/s1. The van der Waals surface area contributed by atoms with Crippen LogP contribution in [-0.4, -0.2) is 330 Å². The molecule has 0 bridgehead atoms. The van der Waals surface area contributed by atoms with Crippen LogP contribution >= 0.6 is 0 Å². The molecule has 34 heteroatoms. The Labute approximate surface area is 658 Å². The summed E-state index contributed by atoms with van der Waals surface area (Å²) in [6, 6.07) is -1.29. The predicted molar refractivity (Wildman–Crippen MR) is 398 cm³/mol. The molecule has 112 heavy (non-hydrogen) atoms. The van der Waals surface area contributed by atoms with Crippen LogP contribution in [0.4, 0.5) is 0 Å². The van der Waals surface area contributed by atoms with Crippen molar-refractivity contribution in [1.82, 2.24) is 31.1 Å². The molecule has 644 valence electrons. The summed E-state index contributed by atoms with van der Waals surface area (Å²) < 4.78 is 69.8. The number of nitrogens with zero attached hydrogens (tertiary/aromatic N) is 2. The molecule has 30 atom stereocenters. The number of carbonyl (C=O) groups is 7. The van der Waals surface area contributed by atoms with Crippen molar-refractivity contribution in [2.45, 2.75) is 336 Å². The number of hydrogen-bond acceptors (Lipinski definition) is 28. The number of aliphatic hydroxyl groups excluding tert-OH is 10. The number of amides is 6. The van der Waals surface area contributed by atoms with Gasteiger partial charge in [0, 0.05) is 91.8 Å². The van der Waals surface area contributed by atoms with Crippen molar-refractivity contribution in [3.63, 3.8) is 0 Å². The molecule has 0 aromatic carbocycles. The molecule has 8 aliphatic rings. The Morgan fingerprint density at radius 1 is 0.473 bits per heavy atom. The van der Waals surface area contributed by atoms with Gasteiger partial charge in [-0.1, -0.05) is 97.8 Å². The van der Waals surface area contributed by atoms with Crippen molar-refractivity contribution >= 4 is 41.2 Å². The van der Waals surface area contributed by atoms with E-state index in [0.29, 0.717) is 25.7 Å². The van der Waals surface area contributed by atoms with Crippen LogP contribution in [0.2, 0.25) is 0 Å². The molecule has 6 amide bonds. The number of carbonyl (C=O) groups excluding carboxylic acids is 7. The Morgan fingerprint density at radius 2 is 0.911 bits per heavy atom. The fraction of sp³-hybridized carbons (Fsp3) is 0.910. The maximum absolute atomic E-state index is 14.3. The van der Waals surface area contributed by atoms with E-state index in [9.17, 15) is 84.6 Å². The highest BCUT2D eigenvalue weighted by Crippen LogP contribution is 2.44. The molecule has 0 aromatic heterocycles. The second-order valence-electron chi connectivity index (χ2n) is 32.9. The van der Waals surface area contributed by atoms with Crippen LogP contribution in [0.5, 0.6) is 0 Å². The van der Waals surface area contributed by atoms with Gasteiger partial charge in [0.25, 0.3) is 11.8 Å². The number of ketones is 1. The lowest BCUT2D eigenvalue weighted by molar-refractivity contribution is -0.343. The molecule has 4 heterocycles. The topological polar surface area (TPSA) is 478 Å². The number of likely N-dealkylation sites (N-methyl/N-ethyl adjacent to an activating group) is 2. The van der Waals surface area contributed by atoms with E-state index >= 15 is 0 Å². The molecule has 0 spiro atoms. The van der Waals surface area contributed by atoms with Gasteiger partial charge < -0.3 is 134 Å². The summed E-state index contributed by atoms with van der Waals surface area (Å²) in [5.41, 5.74) is 0. The maximum Gasteiger partial charge on any atom is 0.251 e. The number of aliphatic hydroxyl groups is 10. The fourth-order valence-corrected chi connectivity index (χ4v) is 17.4. The third kappa shape index (κ3) is 25.3. The second-order valence-corrected chi connectivity index (χ2v) is 32.9. The van der Waals surface area contributed by atoms with Crippen LogP contribution in [0, 0.1) is 41.4 Å². The van der Waals surface area contributed by atoms with E-state index in [1.165, 1.54) is 30.6 Å². The van der Waals surface area contributed by atoms with E-state index in [1.807, 2.05) is 13.8 Å². The van der Waals surface area contributed by atoms with Gasteiger partial charge in [-0.25, -0.2) is 0 Å². The van der Waals surface area contributed by atoms with Crippen molar-refractivity contribution in [3.05, 3.63) is 0 Å². The van der Waals surface area contributed by atoms with Crippen molar-refractivity contribution in [2.75, 3.05) is 74.3 Å². The summed E-state index contributed by atoms with van der Waals surface area (Å²) >= 11 is 0. The van der Waals surface area contributed by atoms with Crippen LogP contribution in [0.3, 0.4) is 0 Å². The van der Waals surface area contributed by atoms with Crippen LogP contribution in [0.1, 0.15) is 183 Å². The monoisotopic (exact) mass is 1600 g/mol. The first kappa shape index (κ1) is 93.2. The van der Waals surface area contributed by atoms with Gasteiger partial charge in [-0.2, -0.15) is 0 Å². The zero-order chi connectivity index (χ0) is 81.8. The van der Waals surface area contributed by atoms with E-state index in [4.69, 9.17) is 52.1 Å². The zero-order valence-electron chi connectivity index (χ0n) is 67.2. The Morgan fingerprint density at radius 3 is 1.38 bits per heavy atom. The third-order valence-corrected chi connectivity index (χ3v) is 24.2. The molecular formula is C78H134N6O28. The summed E-state index contributed by atoms with van der Waals surface area (Å²) in [5.74, 6) is -5.02. The molecule has 14 N–H and O–H groups in total. The molecule has 4 saturated heterocycles. The number of Topliss-reactive ketones (excluding diaryl/α,β-unsaturated/α-hetero) is 1. The van der Waals surface area contributed by atoms with Crippen LogP contribution in [-0.2, 0) is 85.7 Å². The van der Waals surface area contributed by atoms with E-state index in [0.717, 1.165) is 64.2 Å². The molecule has 4 aliphatic heterocycles. The molecule has 8 fully saturated rings. The lowest BCUT2D eigenvalue weighted by Gasteiger charge is -2.49. The number of hydrogen-bond donors (Lipinski definition) is 14. The van der Waals surface area contributed by atoms with Gasteiger partial charge in [0.05, 0.1) is 69.2 Å². The van der Waals surface area contributed by atoms with Gasteiger partial charge >= 0.3 is 0 Å². The predicted octanol–water partition coefficient (Wildman–Crippen LogP) is -0.529. The quantitative estimate of drug-likeness (QED) is 0.0346. The van der Waals surface area contributed by atoms with Crippen molar-refractivity contribution in [2.24, 2.45) is 41.4 Å². The van der Waals surface area contributed by atoms with Crippen molar-refractivity contribution < 1.29 is 137 Å². The SMILES string of the molecule is CC[C@H]1C[C@@H](C(=O)NCCNC(=O)CCOCCC(=O)NCCCC(=O)[C@@H]2C[C@H](CC)[C@@H](O[C@@H]3O[C@@H](C)[C@@H](O)[C@@H](O)[C@@H]3O)[C@H](O[C@@H]3O[C@H](CO)[C@H](O)[C@H](O[C@@H](CC4CCCCC4)C(=O)N(C)C)[C@H]3NC(C)=O)C2)C[C@@H](O[C@@H]2O[C@H](CO)[C@H](O)[C@H](O[C@@H](CC3CCCCC3)C(=O)N(C)C)[C@H]2C)[C@@H]1O[C@@H]1O[C@@H](C)[C@@H](O)[C@@H](O)[C@@H]1O. The Balaban J connectivity index is 0.814. The minimum Gasteiger partial charge on any atom is -0.394 e. The molecular weight excluding hydrogens is 1470 g/mol. The average Bonchev–Trinajstić information content (AvgIpc) is 0.776. The van der Waals surface area contributed by atoms with Crippen molar-refractivity contribution in [3.8, 4) is 0 Å². The summed E-state index contributed by atoms with van der Waals surface area (Å²) in [6.45, 7) is 8.66. The van der Waals surface area contributed by atoms with Gasteiger partial charge in [0.1, 0.15) is 91.2 Å². The normalized spacial score (nSPS) is 37.5. The van der Waals surface area contributed by atoms with Gasteiger partial charge in [0.2, 0.25) is 23.6 Å². The van der Waals surface area contributed by atoms with Gasteiger partial charge in [-0.15, -0.1) is 0 Å². The highest BCUT2D eigenvalue weighted by Gasteiger charge is 2.56. The number of rotatable bonds is 38. The molecule has 0 radical (unpaired) electrons. The average molecular weight is 1600 g/mol. The molecule has 4 saturated carbocycles. The lowest BCUT2D eigenvalue weighted by Crippen LogP contribution is -2.67. The number of ether oxygens (including phenoxy) is 11. The fourth-order valence-electron chi connectivity index (χ4n) is 17.4. The summed E-state index contributed by atoms with van der Waals surface area (Å²) in [7, 11) is 6.47. The summed E-state index contributed by atoms with van der Waals surface area (Å²) in [4.78, 5) is 98.0. The maximum atomic E-state index is 14.3. The first-order valence-corrected chi connectivity index (χ1v) is 41.2. The van der Waals surface area contributed by atoms with Crippen LogP contribution < -0.4 is 21.3 Å². The first-order chi connectivity index (χ1) is 53.4. The second kappa shape index (κ2) is 45.0. The van der Waals surface area contributed by atoms with Gasteiger partial charge in [-0.05, 0) is 82.5 Å². The highest BCUT2D eigenvalue weighted by atomic mass is 16.7. The summed E-state index contributed by atoms with van der Waals surface area (Å²) in [5, 5.41) is 121. The van der Waals surface area contributed by atoms with E-state index < -0.39 is 202 Å². The minimum atomic E-state index is -1.70. The molecule has 8 rings (SSSR count). The van der Waals surface area contributed by atoms with E-state index in [-0.39, 0.29) is 131 Å². The van der Waals surface area contributed by atoms with Gasteiger partial charge in [-0.3, -0.25) is 33.6 Å². The highest BCUT2D eigenvalue weighted by molar-refractivity contribution is 5.82. The first-order valence-electron chi connectivity index (χ1n) is 41.2. The Kier molecular flexibility index (Phi) is 37.4. The molecule has 0 unspecified atom stereocenters. The largest absolute Gasteiger partial charge is 0.394 e. The smallest absolute Gasteiger partial charge is 0.251 e. The Bertz CT molecular complexity index is 2920. The van der Waals surface area contributed by atoms with Crippen LogP contribution in [0.25, 0.3) is 0 Å². The Hall–Kier alpha value is -4.35. The number of nitrogens with one attached hydrogen (secondary N) is 4. The van der Waals surface area contributed by atoms with E-state index in [2.05, 4.69) is 21.3 Å². The molecule has 0 aromatic rings.